The van der Waals surface area contributed by atoms with Crippen LogP contribution in [0.25, 0.3) is 0 Å². The van der Waals surface area contributed by atoms with E-state index in [1.165, 1.54) is 8.28 Å². The van der Waals surface area contributed by atoms with E-state index in [-0.39, 0.29) is 11.1 Å². The van der Waals surface area contributed by atoms with Crippen molar-refractivity contribution < 1.29 is 13.2 Å². The summed E-state index contributed by atoms with van der Waals surface area (Å²) in [5, 5.41) is 0.866. The molecule has 1 unspecified atom stereocenters. The summed E-state index contributed by atoms with van der Waals surface area (Å²) in [7, 11) is -0.992. The average Bonchev–Trinajstić information content (AvgIpc) is 2.85. The lowest BCUT2D eigenvalue weighted by Gasteiger charge is -2.36. The zero-order valence-corrected chi connectivity index (χ0v) is 19.7. The van der Waals surface area contributed by atoms with Gasteiger partial charge in [0.25, 0.3) is 0 Å². The fourth-order valence-corrected chi connectivity index (χ4v) is 6.47. The van der Waals surface area contributed by atoms with E-state index in [1.54, 1.807) is 27.4 Å². The summed E-state index contributed by atoms with van der Waals surface area (Å²) in [6.45, 7) is 10.8. The van der Waals surface area contributed by atoms with Crippen LogP contribution in [0.5, 0.6) is 0 Å². The first-order valence-corrected chi connectivity index (χ1v) is 13.7. The predicted octanol–water partition coefficient (Wildman–Crippen LogP) is 0.992. The molecular formula is C14H30AlN3O3SSi. The molecule has 6 nitrogen and oxygen atoms in total. The second-order valence-corrected chi connectivity index (χ2v) is 15.6. The third kappa shape index (κ3) is 3.91. The molecule has 1 rings (SSSR count). The topological polar surface area (TPSA) is 64.4 Å². The molecule has 0 saturated carbocycles. The van der Waals surface area contributed by atoms with Crippen LogP contribution in [0.3, 0.4) is 0 Å². The minimum Gasteiger partial charge on any atom is -0.376 e. The molecule has 0 N–H and O–H groups in total. The molecule has 1 atom stereocenters. The van der Waals surface area contributed by atoms with Gasteiger partial charge in [-0.15, -0.1) is 0 Å². The number of ether oxygens (including phenoxy) is 1. The van der Waals surface area contributed by atoms with Crippen molar-refractivity contribution in [1.82, 2.24) is 13.3 Å². The molecule has 0 amide bonds. The Kier molecular flexibility index (Phi) is 6.34. The maximum atomic E-state index is 12.8. The van der Waals surface area contributed by atoms with E-state index in [0.29, 0.717) is 11.1 Å². The van der Waals surface area contributed by atoms with Crippen molar-refractivity contribution in [2.75, 3.05) is 21.2 Å². The normalized spacial score (nSPS) is 15.2. The van der Waals surface area contributed by atoms with Crippen LogP contribution in [0.1, 0.15) is 32.6 Å². The second-order valence-electron chi connectivity index (χ2n) is 7.58. The first-order chi connectivity index (χ1) is 10.3. The zero-order valence-electron chi connectivity index (χ0n) is 15.8. The van der Waals surface area contributed by atoms with Gasteiger partial charge in [0, 0.05) is 27.4 Å². The van der Waals surface area contributed by atoms with E-state index in [4.69, 9.17) is 9.72 Å². The highest BCUT2D eigenvalue weighted by atomic mass is 32.2. The van der Waals surface area contributed by atoms with Gasteiger partial charge in [-0.1, -0.05) is 39.1 Å². The van der Waals surface area contributed by atoms with Crippen molar-refractivity contribution in [3.05, 3.63) is 11.9 Å². The monoisotopic (exact) mass is 375 g/mol. The fraction of sp³-hybridized carbons (Fsp3) is 0.786. The summed E-state index contributed by atoms with van der Waals surface area (Å²) >= 11 is 0.967. The van der Waals surface area contributed by atoms with Crippen LogP contribution in [0, 0.1) is 0 Å². The van der Waals surface area contributed by atoms with Crippen molar-refractivity contribution in [2.45, 2.75) is 50.3 Å². The van der Waals surface area contributed by atoms with Crippen LogP contribution in [-0.4, -0.2) is 67.2 Å². The summed E-state index contributed by atoms with van der Waals surface area (Å²) in [5.41, 5.74) is 1.40. The van der Waals surface area contributed by atoms with Crippen molar-refractivity contribution in [2.24, 2.45) is 0 Å². The minimum absolute atomic E-state index is 0.0151. The molecule has 0 fully saturated rings. The van der Waals surface area contributed by atoms with Gasteiger partial charge in [0.2, 0.25) is 16.3 Å². The van der Waals surface area contributed by atoms with Crippen LogP contribution in [-0.2, 0) is 14.9 Å². The highest BCUT2D eigenvalue weighted by Gasteiger charge is 2.43. The van der Waals surface area contributed by atoms with Crippen molar-refractivity contribution in [3.63, 3.8) is 0 Å². The van der Waals surface area contributed by atoms with E-state index in [2.05, 4.69) is 33.9 Å². The quantitative estimate of drug-likeness (QED) is 0.696. The Hall–Kier alpha value is -0.171. The molecule has 0 spiro atoms. The Morgan fingerprint density at radius 1 is 1.39 bits per heavy atom. The smallest absolute Gasteiger partial charge is 0.308 e. The number of nitrogens with zero attached hydrogens (tertiary/aromatic N) is 3. The van der Waals surface area contributed by atoms with Crippen LogP contribution < -0.4 is 5.45 Å². The summed E-state index contributed by atoms with van der Waals surface area (Å²) < 4.78 is 33.7. The fourth-order valence-electron chi connectivity index (χ4n) is 2.14. The van der Waals surface area contributed by atoms with Gasteiger partial charge in [0.1, 0.15) is 13.5 Å². The molecule has 1 aromatic rings. The van der Waals surface area contributed by atoms with E-state index in [1.807, 2.05) is 0 Å². The maximum Gasteiger partial charge on any atom is 0.308 e. The first kappa shape index (κ1) is 20.9. The van der Waals surface area contributed by atoms with Gasteiger partial charge in [0.15, 0.2) is 0 Å². The Labute approximate surface area is 149 Å². The molecule has 0 aliphatic heterocycles. The number of hydrogen-bond acceptors (Lipinski definition) is 4. The predicted molar refractivity (Wildman–Crippen MR) is 100 cm³/mol. The number of aromatic nitrogens is 2. The lowest BCUT2D eigenvalue weighted by atomic mass is 10.2. The van der Waals surface area contributed by atoms with Crippen LogP contribution in [0.15, 0.2) is 6.20 Å². The molecule has 0 saturated heterocycles. The SMILES string of the molecule is COC([CH2][AlH2])c1cn(S(=O)(=O)N(C)C)c([Si](C)(C)C(C)(C)C)n1. The minimum atomic E-state index is -3.60. The Morgan fingerprint density at radius 2 is 1.91 bits per heavy atom. The maximum absolute atomic E-state index is 12.8. The van der Waals surface area contributed by atoms with Crippen LogP contribution in [0.2, 0.25) is 23.4 Å². The number of methoxy groups -OCH3 is 1. The second kappa shape index (κ2) is 6.98. The highest BCUT2D eigenvalue weighted by Crippen LogP contribution is 2.36. The van der Waals surface area contributed by atoms with Crippen molar-refractivity contribution in [3.8, 4) is 0 Å². The number of imidazole rings is 1. The molecule has 1 aromatic heterocycles. The highest BCUT2D eigenvalue weighted by molar-refractivity contribution is 7.87. The van der Waals surface area contributed by atoms with Crippen molar-refractivity contribution in [1.29, 1.82) is 0 Å². The molecule has 0 aliphatic carbocycles. The van der Waals surface area contributed by atoms with Gasteiger partial charge in [-0.05, 0) is 5.04 Å². The summed E-state index contributed by atoms with van der Waals surface area (Å²) in [4.78, 5) is 4.76. The molecule has 0 radical (unpaired) electrons. The lowest BCUT2D eigenvalue weighted by molar-refractivity contribution is 0.117. The number of hydrogen-bond donors (Lipinski definition) is 0. The van der Waals surface area contributed by atoms with Crippen LogP contribution in [0.4, 0.5) is 0 Å². The first-order valence-electron chi connectivity index (χ1n) is 7.86. The van der Waals surface area contributed by atoms with Gasteiger partial charge < -0.3 is 4.74 Å². The molecular weight excluding hydrogens is 345 g/mol. The molecule has 0 aromatic carbocycles. The van der Waals surface area contributed by atoms with Gasteiger partial charge in [0.05, 0.1) is 11.8 Å². The third-order valence-corrected chi connectivity index (χ3v) is 12.6. The standard InChI is InChI=1S/C14H28N3O3SSi.Al.2H/c1-11(20-7)12-10-17(21(18,19)16(5)6)13(15-12)22(8,9)14(2,3)4;;;/h10-11H,1H2,2-9H3;;;. The Balaban J connectivity index is 3.68. The van der Waals surface area contributed by atoms with Gasteiger partial charge in [-0.3, -0.25) is 0 Å². The molecule has 0 bridgehead atoms. The van der Waals surface area contributed by atoms with E-state index in [9.17, 15) is 8.42 Å². The number of rotatable bonds is 6. The Morgan fingerprint density at radius 3 is 2.26 bits per heavy atom. The average molecular weight is 376 g/mol. The van der Waals surface area contributed by atoms with E-state index in [0.717, 1.165) is 21.6 Å². The molecule has 1 heterocycles. The Bertz CT molecular complexity index is 647. The molecule has 0 aliphatic rings. The third-order valence-electron chi connectivity index (χ3n) is 4.82. The van der Waals surface area contributed by atoms with Crippen molar-refractivity contribution >= 4 is 40.0 Å². The summed E-state index contributed by atoms with van der Waals surface area (Å²) in [5.74, 6) is 0. The summed E-state index contributed by atoms with van der Waals surface area (Å²) in [6.07, 6.45) is 1.51. The van der Waals surface area contributed by atoms with E-state index >= 15 is 0 Å². The molecule has 9 heteroatoms. The lowest BCUT2D eigenvalue weighted by Crippen LogP contribution is -2.56. The zero-order chi connectivity index (χ0) is 18.2. The van der Waals surface area contributed by atoms with Gasteiger partial charge in [-0.25, -0.2) is 8.96 Å². The van der Waals surface area contributed by atoms with Gasteiger partial charge >= 0.3 is 10.2 Å². The molecule has 132 valence electrons. The van der Waals surface area contributed by atoms with Crippen LogP contribution >= 0.6 is 0 Å². The van der Waals surface area contributed by atoms with E-state index < -0.39 is 18.3 Å². The summed E-state index contributed by atoms with van der Waals surface area (Å²) in [6, 6.07) is 0. The molecule has 23 heavy (non-hydrogen) atoms. The van der Waals surface area contributed by atoms with Gasteiger partial charge in [-0.2, -0.15) is 12.7 Å². The largest absolute Gasteiger partial charge is 0.376 e.